The summed E-state index contributed by atoms with van der Waals surface area (Å²) in [5, 5.41) is 13.7. The maximum absolute atomic E-state index is 14.0. The summed E-state index contributed by atoms with van der Waals surface area (Å²) >= 11 is 0. The van der Waals surface area contributed by atoms with Gasteiger partial charge in [0, 0.05) is 18.6 Å². The number of unbranched alkanes of at least 4 members (excludes halogenated alkanes) is 1. The molecule has 0 spiro atoms. The smallest absolute Gasteiger partial charge is 0.466 e. The van der Waals surface area contributed by atoms with Crippen LogP contribution in [0.2, 0.25) is 0 Å². The monoisotopic (exact) mass is 562 g/mol. The van der Waals surface area contributed by atoms with E-state index in [4.69, 9.17) is 18.5 Å². The minimum absolute atomic E-state index is 0.0192. The number of hydrogen-bond acceptors (Lipinski definition) is 9. The minimum atomic E-state index is -4.32. The maximum atomic E-state index is 14.0. The number of esters is 2. The Morgan fingerprint density at radius 3 is 2.28 bits per heavy atom. The predicted octanol–water partition coefficient (Wildman–Crippen LogP) is 6.12. The summed E-state index contributed by atoms with van der Waals surface area (Å²) in [6.07, 6.45) is 5.55. The average Bonchev–Trinajstić information content (AvgIpc) is 2.92. The molecule has 3 rings (SSSR count). The molecule has 1 aliphatic carbocycles. The quantitative estimate of drug-likeness (QED) is 0.0886. The fraction of sp³-hybridized carbons (Fsp3) is 0.481. The molecule has 0 heterocycles. The normalized spacial score (nSPS) is 15.9. The van der Waals surface area contributed by atoms with Crippen LogP contribution in [0.15, 0.2) is 54.6 Å². The van der Waals surface area contributed by atoms with Crippen LogP contribution in [0.4, 0.5) is 5.69 Å². The molecule has 0 saturated heterocycles. The van der Waals surface area contributed by atoms with Crippen molar-refractivity contribution in [1.82, 2.24) is 5.09 Å². The molecule has 1 aliphatic rings. The van der Waals surface area contributed by atoms with Crippen molar-refractivity contribution in [2.75, 3.05) is 6.61 Å². The van der Waals surface area contributed by atoms with Crippen LogP contribution in [0.5, 0.6) is 11.5 Å². The van der Waals surface area contributed by atoms with Crippen molar-refractivity contribution in [2.45, 2.75) is 76.9 Å². The number of rotatable bonds is 15. The van der Waals surface area contributed by atoms with Gasteiger partial charge in [-0.15, -0.1) is 0 Å². The molecule has 2 aromatic carbocycles. The zero-order valence-electron chi connectivity index (χ0n) is 22.0. The molecule has 1 saturated carbocycles. The largest absolute Gasteiger partial charge is 0.513 e. The Labute approximate surface area is 227 Å². The van der Waals surface area contributed by atoms with Crippen LogP contribution in [-0.2, 0) is 23.6 Å². The van der Waals surface area contributed by atoms with Gasteiger partial charge < -0.3 is 18.5 Å². The highest BCUT2D eigenvalue weighted by Crippen LogP contribution is 2.46. The topological polar surface area (TPSA) is 143 Å². The Morgan fingerprint density at radius 2 is 1.67 bits per heavy atom. The van der Waals surface area contributed by atoms with Gasteiger partial charge in [0.15, 0.2) is 0 Å². The number of carbonyl (C=O) groups is 2. The first kappa shape index (κ1) is 30.1. The average molecular weight is 563 g/mol. The molecule has 12 heteroatoms. The lowest BCUT2D eigenvalue weighted by Crippen LogP contribution is -2.40. The summed E-state index contributed by atoms with van der Waals surface area (Å²) in [4.78, 5) is 36.0. The third kappa shape index (κ3) is 10.3. The van der Waals surface area contributed by atoms with E-state index in [1.807, 2.05) is 6.92 Å². The van der Waals surface area contributed by atoms with Crippen LogP contribution in [0.25, 0.3) is 0 Å². The minimum Gasteiger partial charge on any atom is -0.466 e. The third-order valence-electron chi connectivity index (χ3n) is 6.07. The number of benzene rings is 2. The van der Waals surface area contributed by atoms with Crippen molar-refractivity contribution in [3.63, 3.8) is 0 Å². The van der Waals surface area contributed by atoms with Gasteiger partial charge in [-0.3, -0.25) is 19.7 Å². The van der Waals surface area contributed by atoms with Crippen molar-refractivity contribution in [1.29, 1.82) is 0 Å². The molecule has 1 N–H and O–H groups in total. The van der Waals surface area contributed by atoms with Gasteiger partial charge in [-0.1, -0.05) is 38.0 Å². The SMILES string of the molecule is CCCCOC(=O)CC[C@H](NP(=O)(Oc1ccccc1)Oc1ccc([N+](=O)[O-])cc1)C(=O)OC1CCCCC1. The third-order valence-corrected chi connectivity index (χ3v) is 7.60. The molecule has 0 radical (unpaired) electrons. The number of para-hydroxylation sites is 1. The van der Waals surface area contributed by atoms with Crippen molar-refractivity contribution in [3.8, 4) is 11.5 Å². The first-order valence-electron chi connectivity index (χ1n) is 13.2. The van der Waals surface area contributed by atoms with Gasteiger partial charge in [0.05, 0.1) is 11.5 Å². The standard InChI is InChI=1S/C27H35N2O9P/c1-2-3-20-35-26(30)19-18-25(27(31)36-22-10-6-4-7-11-22)28-39(34,37-23-12-8-5-9-13-23)38-24-16-14-21(15-17-24)29(32)33/h5,8-9,12-17,22,25H,2-4,6-7,10-11,18-20H2,1H3,(H,28,34)/t25-,39?/m0/s1. The number of nitro groups is 1. The van der Waals surface area contributed by atoms with Gasteiger partial charge in [0.1, 0.15) is 23.6 Å². The fourth-order valence-electron chi connectivity index (χ4n) is 3.98. The van der Waals surface area contributed by atoms with E-state index < -0.39 is 30.7 Å². The molecule has 212 valence electrons. The molecule has 0 aliphatic heterocycles. The van der Waals surface area contributed by atoms with E-state index in [9.17, 15) is 24.3 Å². The zero-order valence-corrected chi connectivity index (χ0v) is 22.9. The second kappa shape index (κ2) is 15.2. The second-order valence-corrected chi connectivity index (χ2v) is 10.9. The summed E-state index contributed by atoms with van der Waals surface area (Å²) < 4.78 is 36.3. The van der Waals surface area contributed by atoms with E-state index >= 15 is 0 Å². The summed E-state index contributed by atoms with van der Waals surface area (Å²) in [5.41, 5.74) is -0.176. The van der Waals surface area contributed by atoms with Crippen LogP contribution in [0.1, 0.15) is 64.7 Å². The molecular formula is C27H35N2O9P. The Bertz CT molecular complexity index is 1120. The van der Waals surface area contributed by atoms with Gasteiger partial charge in [-0.2, -0.15) is 5.09 Å². The van der Waals surface area contributed by atoms with Crippen molar-refractivity contribution >= 4 is 25.4 Å². The Kier molecular flexibility index (Phi) is 11.8. The molecule has 1 unspecified atom stereocenters. The molecule has 0 bridgehead atoms. The highest BCUT2D eigenvalue weighted by molar-refractivity contribution is 7.52. The van der Waals surface area contributed by atoms with E-state index in [0.717, 1.165) is 44.9 Å². The van der Waals surface area contributed by atoms with E-state index in [2.05, 4.69) is 5.09 Å². The molecule has 2 aromatic rings. The number of carbonyl (C=O) groups excluding carboxylic acids is 2. The Morgan fingerprint density at radius 1 is 1.03 bits per heavy atom. The van der Waals surface area contributed by atoms with Crippen LogP contribution in [0.3, 0.4) is 0 Å². The van der Waals surface area contributed by atoms with E-state index in [1.54, 1.807) is 30.3 Å². The molecule has 1 fully saturated rings. The molecular weight excluding hydrogens is 527 g/mol. The number of nitrogens with zero attached hydrogens (tertiary/aromatic N) is 1. The Hall–Kier alpha value is -3.43. The van der Waals surface area contributed by atoms with Gasteiger partial charge in [0.2, 0.25) is 0 Å². The molecule has 0 amide bonds. The van der Waals surface area contributed by atoms with Crippen molar-refractivity contribution < 1.29 is 37.6 Å². The highest BCUT2D eigenvalue weighted by atomic mass is 31.2. The summed E-state index contributed by atoms with van der Waals surface area (Å²) in [6.45, 7) is 2.25. The lowest BCUT2D eigenvalue weighted by molar-refractivity contribution is -0.384. The van der Waals surface area contributed by atoms with E-state index in [1.165, 1.54) is 24.3 Å². The van der Waals surface area contributed by atoms with Crippen LogP contribution in [0, 0.1) is 10.1 Å². The fourth-order valence-corrected chi connectivity index (χ4v) is 5.54. The van der Waals surface area contributed by atoms with Crippen LogP contribution >= 0.6 is 7.75 Å². The molecule has 0 aromatic heterocycles. The zero-order chi connectivity index (χ0) is 28.1. The predicted molar refractivity (Wildman–Crippen MR) is 143 cm³/mol. The van der Waals surface area contributed by atoms with Crippen molar-refractivity contribution in [3.05, 3.63) is 64.7 Å². The van der Waals surface area contributed by atoms with Crippen molar-refractivity contribution in [2.24, 2.45) is 0 Å². The highest BCUT2D eigenvalue weighted by Gasteiger charge is 2.37. The van der Waals surface area contributed by atoms with Gasteiger partial charge in [0.25, 0.3) is 5.69 Å². The van der Waals surface area contributed by atoms with Gasteiger partial charge >= 0.3 is 19.7 Å². The van der Waals surface area contributed by atoms with E-state index in [0.29, 0.717) is 0 Å². The first-order chi connectivity index (χ1) is 18.8. The number of non-ortho nitro benzene ring substituents is 1. The maximum Gasteiger partial charge on any atom is 0.513 e. The summed E-state index contributed by atoms with van der Waals surface area (Å²) in [6, 6.07) is 12.0. The second-order valence-electron chi connectivity index (χ2n) is 9.24. The van der Waals surface area contributed by atoms with E-state index in [-0.39, 0.29) is 42.7 Å². The van der Waals surface area contributed by atoms with Crippen LogP contribution < -0.4 is 14.1 Å². The number of ether oxygens (including phenoxy) is 2. The molecule has 2 atom stereocenters. The molecule has 39 heavy (non-hydrogen) atoms. The lowest BCUT2D eigenvalue weighted by atomic mass is 9.98. The van der Waals surface area contributed by atoms with Gasteiger partial charge in [-0.05, 0) is 62.8 Å². The first-order valence-corrected chi connectivity index (χ1v) is 14.7. The summed E-state index contributed by atoms with van der Waals surface area (Å²) in [5.74, 6) is -0.942. The lowest BCUT2D eigenvalue weighted by Gasteiger charge is -2.27. The number of nitro benzene ring substituents is 1. The van der Waals surface area contributed by atoms with Crippen LogP contribution in [-0.4, -0.2) is 35.6 Å². The number of hydrogen-bond donors (Lipinski definition) is 1. The Balaban J connectivity index is 1.81. The summed E-state index contributed by atoms with van der Waals surface area (Å²) in [7, 11) is -4.32. The molecule has 11 nitrogen and oxygen atoms in total. The number of nitrogens with one attached hydrogen (secondary N) is 1. The van der Waals surface area contributed by atoms with Gasteiger partial charge in [-0.25, -0.2) is 4.57 Å².